The maximum atomic E-state index is 11.7. The number of hydrogen-bond donors (Lipinski definition) is 1. The first kappa shape index (κ1) is 16.3. The van der Waals surface area contributed by atoms with Gasteiger partial charge in [-0.1, -0.05) is 25.7 Å². The van der Waals surface area contributed by atoms with Gasteiger partial charge in [0.25, 0.3) is 10.1 Å². The van der Waals surface area contributed by atoms with Crippen LogP contribution < -0.4 is 0 Å². The average molecular weight is 304 g/mol. The summed E-state index contributed by atoms with van der Waals surface area (Å²) in [5.74, 6) is 0.0523. The Labute approximate surface area is 118 Å². The molecule has 19 heavy (non-hydrogen) atoms. The van der Waals surface area contributed by atoms with Crippen LogP contribution in [0.2, 0.25) is 0 Å². The highest BCUT2D eigenvalue weighted by Gasteiger charge is 2.05. The van der Waals surface area contributed by atoms with Crippen molar-refractivity contribution in [2.45, 2.75) is 44.9 Å². The van der Waals surface area contributed by atoms with Crippen LogP contribution in [0.1, 0.15) is 55.3 Å². The summed E-state index contributed by atoms with van der Waals surface area (Å²) < 4.78 is 29.5. The van der Waals surface area contributed by atoms with Crippen molar-refractivity contribution in [3.63, 3.8) is 0 Å². The minimum atomic E-state index is -3.80. The summed E-state index contributed by atoms with van der Waals surface area (Å²) in [4.78, 5) is 11.7. The van der Waals surface area contributed by atoms with Crippen molar-refractivity contribution in [1.29, 1.82) is 0 Å². The number of ketones is 1. The van der Waals surface area contributed by atoms with E-state index in [9.17, 15) is 13.2 Å². The lowest BCUT2D eigenvalue weighted by Gasteiger charge is -2.01. The number of carbonyl (C=O) groups is 1. The highest BCUT2D eigenvalue weighted by Crippen LogP contribution is 2.13. The van der Waals surface area contributed by atoms with Gasteiger partial charge in [0.05, 0.1) is 5.75 Å². The van der Waals surface area contributed by atoms with Gasteiger partial charge in [0.1, 0.15) is 0 Å². The molecule has 0 aliphatic heterocycles. The van der Waals surface area contributed by atoms with Gasteiger partial charge < -0.3 is 0 Å². The van der Waals surface area contributed by atoms with E-state index in [0.717, 1.165) is 37.7 Å². The molecule has 0 fully saturated rings. The second-order valence-corrected chi connectivity index (χ2v) is 6.94. The Balaban J connectivity index is 1.96. The lowest BCUT2D eigenvalue weighted by atomic mass is 10.1. The van der Waals surface area contributed by atoms with E-state index in [1.165, 1.54) is 11.3 Å². The Hall–Kier alpha value is -0.720. The van der Waals surface area contributed by atoms with E-state index < -0.39 is 10.1 Å². The quantitative estimate of drug-likeness (QED) is 0.407. The minimum Gasteiger partial charge on any atom is -0.294 e. The number of rotatable bonds is 10. The van der Waals surface area contributed by atoms with E-state index in [4.69, 9.17) is 4.55 Å². The molecular formula is C13H20O4S2. The van der Waals surface area contributed by atoms with Crippen LogP contribution in [0.25, 0.3) is 0 Å². The van der Waals surface area contributed by atoms with Crippen LogP contribution in [0.4, 0.5) is 0 Å². The molecule has 1 aromatic heterocycles. The third kappa shape index (κ3) is 8.13. The van der Waals surface area contributed by atoms with E-state index >= 15 is 0 Å². The second-order valence-electron chi connectivity index (χ2n) is 4.59. The van der Waals surface area contributed by atoms with Crippen molar-refractivity contribution in [2.75, 3.05) is 5.75 Å². The molecule has 0 aliphatic carbocycles. The number of hydrogen-bond acceptors (Lipinski definition) is 4. The van der Waals surface area contributed by atoms with Gasteiger partial charge in [-0.2, -0.15) is 19.8 Å². The Morgan fingerprint density at radius 1 is 1.11 bits per heavy atom. The molecule has 0 bridgehead atoms. The monoisotopic (exact) mass is 304 g/mol. The van der Waals surface area contributed by atoms with Gasteiger partial charge in [-0.3, -0.25) is 9.35 Å². The smallest absolute Gasteiger partial charge is 0.264 e. The van der Waals surface area contributed by atoms with Crippen molar-refractivity contribution in [1.82, 2.24) is 0 Å². The average Bonchev–Trinajstić information content (AvgIpc) is 2.84. The maximum Gasteiger partial charge on any atom is 0.264 e. The molecule has 0 spiro atoms. The summed E-state index contributed by atoms with van der Waals surface area (Å²) in [6.45, 7) is 0. The molecule has 0 aromatic carbocycles. The zero-order valence-corrected chi connectivity index (χ0v) is 12.5. The van der Waals surface area contributed by atoms with Gasteiger partial charge in [0.2, 0.25) is 0 Å². The minimum absolute atomic E-state index is 0.149. The van der Waals surface area contributed by atoms with Crippen molar-refractivity contribution in [3.05, 3.63) is 22.4 Å². The molecular weight excluding hydrogens is 284 g/mol. The Bertz CT molecular complexity index is 463. The zero-order chi connectivity index (χ0) is 14.1. The van der Waals surface area contributed by atoms with Crippen molar-refractivity contribution >= 4 is 27.2 Å². The summed E-state index contributed by atoms with van der Waals surface area (Å²) in [5, 5.41) is 3.78. The normalized spacial score (nSPS) is 11.6. The van der Waals surface area contributed by atoms with Crippen LogP contribution in [0.3, 0.4) is 0 Å². The van der Waals surface area contributed by atoms with Gasteiger partial charge in [-0.25, -0.2) is 0 Å². The molecule has 0 unspecified atom stereocenters. The maximum absolute atomic E-state index is 11.7. The van der Waals surface area contributed by atoms with Crippen LogP contribution in [0.15, 0.2) is 16.8 Å². The molecule has 1 N–H and O–H groups in total. The SMILES string of the molecule is O=C(CCCCCCCCS(=O)(=O)O)c1ccsc1. The molecule has 0 aliphatic rings. The highest BCUT2D eigenvalue weighted by molar-refractivity contribution is 7.85. The Morgan fingerprint density at radius 3 is 2.32 bits per heavy atom. The molecule has 108 valence electrons. The highest BCUT2D eigenvalue weighted by atomic mass is 32.2. The van der Waals surface area contributed by atoms with Gasteiger partial charge >= 0.3 is 0 Å². The molecule has 0 saturated heterocycles. The van der Waals surface area contributed by atoms with Crippen LogP contribution >= 0.6 is 11.3 Å². The van der Waals surface area contributed by atoms with Gasteiger partial charge in [-0.05, 0) is 24.3 Å². The summed E-state index contributed by atoms with van der Waals surface area (Å²) in [5.41, 5.74) is 0.804. The van der Waals surface area contributed by atoms with Crippen molar-refractivity contribution < 1.29 is 17.8 Å². The van der Waals surface area contributed by atoms with Crippen LogP contribution in [0.5, 0.6) is 0 Å². The number of thiophene rings is 1. The first-order valence-electron chi connectivity index (χ1n) is 6.49. The second kappa shape index (κ2) is 8.45. The van der Waals surface area contributed by atoms with E-state index in [-0.39, 0.29) is 11.5 Å². The van der Waals surface area contributed by atoms with Crippen LogP contribution in [-0.4, -0.2) is 24.5 Å². The number of carbonyl (C=O) groups excluding carboxylic acids is 1. The first-order valence-corrected chi connectivity index (χ1v) is 9.05. The van der Waals surface area contributed by atoms with Crippen molar-refractivity contribution in [3.8, 4) is 0 Å². The van der Waals surface area contributed by atoms with E-state index in [2.05, 4.69) is 0 Å². The fourth-order valence-electron chi connectivity index (χ4n) is 1.84. The third-order valence-electron chi connectivity index (χ3n) is 2.90. The molecule has 1 rings (SSSR count). The fourth-order valence-corrected chi connectivity index (χ4v) is 3.07. The largest absolute Gasteiger partial charge is 0.294 e. The lowest BCUT2D eigenvalue weighted by molar-refractivity contribution is 0.0979. The van der Waals surface area contributed by atoms with Crippen molar-refractivity contribution in [2.24, 2.45) is 0 Å². The first-order chi connectivity index (χ1) is 8.99. The van der Waals surface area contributed by atoms with Crippen LogP contribution in [0, 0.1) is 0 Å². The summed E-state index contributed by atoms with van der Waals surface area (Å²) in [6.07, 6.45) is 5.71. The Kier molecular flexibility index (Phi) is 7.27. The predicted octanol–water partition coefficient (Wildman–Crippen LogP) is 3.55. The van der Waals surface area contributed by atoms with Gasteiger partial charge in [0.15, 0.2) is 5.78 Å². The summed E-state index contributed by atoms with van der Waals surface area (Å²) in [6, 6.07) is 1.85. The molecule has 0 saturated carbocycles. The van der Waals surface area contributed by atoms with E-state index in [1.54, 1.807) is 0 Å². The summed E-state index contributed by atoms with van der Waals surface area (Å²) >= 11 is 1.53. The standard InChI is InChI=1S/C13H20O4S2/c14-13(12-8-9-18-11-12)7-5-3-1-2-4-6-10-19(15,16)17/h8-9,11H,1-7,10H2,(H,15,16,17). The van der Waals surface area contributed by atoms with E-state index in [0.29, 0.717) is 12.8 Å². The third-order valence-corrected chi connectivity index (χ3v) is 4.39. The molecule has 0 radical (unpaired) electrons. The van der Waals surface area contributed by atoms with Gasteiger partial charge in [0, 0.05) is 17.4 Å². The van der Waals surface area contributed by atoms with Gasteiger partial charge in [-0.15, -0.1) is 0 Å². The topological polar surface area (TPSA) is 71.4 Å². The number of unbranched alkanes of at least 4 members (excludes halogenated alkanes) is 5. The molecule has 4 nitrogen and oxygen atoms in total. The fraction of sp³-hybridized carbons (Fsp3) is 0.615. The number of Topliss-reactive ketones (excluding diaryl/α,β-unsaturated/α-hetero) is 1. The molecule has 1 aromatic rings. The molecule has 0 atom stereocenters. The predicted molar refractivity (Wildman–Crippen MR) is 77.4 cm³/mol. The molecule has 1 heterocycles. The zero-order valence-electron chi connectivity index (χ0n) is 10.9. The molecule has 6 heteroatoms. The lowest BCUT2D eigenvalue weighted by Crippen LogP contribution is -2.03. The van der Waals surface area contributed by atoms with E-state index in [1.807, 2.05) is 16.8 Å². The Morgan fingerprint density at radius 2 is 1.74 bits per heavy atom. The summed E-state index contributed by atoms with van der Waals surface area (Å²) in [7, 11) is -3.80. The molecule has 0 amide bonds. The van der Waals surface area contributed by atoms with Crippen LogP contribution in [-0.2, 0) is 10.1 Å².